The first-order valence-electron chi connectivity index (χ1n) is 8.09. The van der Waals surface area contributed by atoms with E-state index in [0.29, 0.717) is 6.04 Å². The molecule has 3 rings (SSSR count). The smallest absolute Gasteiger partial charge is 0.0697 e. The summed E-state index contributed by atoms with van der Waals surface area (Å²) in [6.07, 6.45) is 8.97. The summed E-state index contributed by atoms with van der Waals surface area (Å²) in [5.74, 6) is 0.813. The summed E-state index contributed by atoms with van der Waals surface area (Å²) >= 11 is 0. The summed E-state index contributed by atoms with van der Waals surface area (Å²) in [7, 11) is 3.94. The number of ether oxygens (including phenoxy) is 1. The molecule has 2 heteroatoms. The van der Waals surface area contributed by atoms with Crippen LogP contribution in [0, 0.1) is 0 Å². The molecule has 2 aliphatic rings. The van der Waals surface area contributed by atoms with Crippen molar-refractivity contribution >= 4 is 0 Å². The highest BCUT2D eigenvalue weighted by atomic mass is 16.5. The summed E-state index contributed by atoms with van der Waals surface area (Å²) in [6.45, 7) is 0. The quantitative estimate of drug-likeness (QED) is 0.839. The van der Waals surface area contributed by atoms with Crippen molar-refractivity contribution in [3.63, 3.8) is 0 Å². The van der Waals surface area contributed by atoms with Crippen LogP contribution < -0.4 is 5.32 Å². The fourth-order valence-electron chi connectivity index (χ4n) is 3.59. The Hall–Kier alpha value is -0.860. The van der Waals surface area contributed by atoms with E-state index in [0.717, 1.165) is 12.3 Å². The lowest BCUT2D eigenvalue weighted by atomic mass is 9.74. The number of methoxy groups -OCH3 is 1. The van der Waals surface area contributed by atoms with E-state index in [9.17, 15) is 0 Å². The van der Waals surface area contributed by atoms with Crippen molar-refractivity contribution in [3.05, 3.63) is 35.4 Å². The molecule has 20 heavy (non-hydrogen) atoms. The van der Waals surface area contributed by atoms with Crippen molar-refractivity contribution in [1.82, 2.24) is 5.32 Å². The van der Waals surface area contributed by atoms with Crippen LogP contribution in [-0.2, 0) is 4.74 Å². The predicted molar refractivity (Wildman–Crippen MR) is 83.0 cm³/mol. The molecule has 1 aromatic carbocycles. The molecule has 110 valence electrons. The van der Waals surface area contributed by atoms with Gasteiger partial charge in [0.1, 0.15) is 0 Å². The van der Waals surface area contributed by atoms with Gasteiger partial charge in [-0.15, -0.1) is 0 Å². The molecule has 1 aromatic rings. The normalized spacial score (nSPS) is 22.9. The van der Waals surface area contributed by atoms with Crippen LogP contribution in [0.1, 0.15) is 68.0 Å². The number of hydrogen-bond donors (Lipinski definition) is 1. The van der Waals surface area contributed by atoms with Gasteiger partial charge in [-0.2, -0.15) is 0 Å². The molecule has 0 spiro atoms. The summed E-state index contributed by atoms with van der Waals surface area (Å²) in [5.41, 5.74) is 3.09. The molecule has 0 saturated heterocycles. The Kier molecular flexibility index (Phi) is 4.13. The molecule has 2 nitrogen and oxygen atoms in total. The minimum Gasteiger partial charge on any atom is -0.378 e. The summed E-state index contributed by atoms with van der Waals surface area (Å²) in [6, 6.07) is 9.64. The van der Waals surface area contributed by atoms with Gasteiger partial charge in [0.2, 0.25) is 0 Å². The summed E-state index contributed by atoms with van der Waals surface area (Å²) in [4.78, 5) is 0. The van der Waals surface area contributed by atoms with Gasteiger partial charge in [0.25, 0.3) is 0 Å². The molecule has 2 aliphatic carbocycles. The molecule has 0 aliphatic heterocycles. The molecule has 0 bridgehead atoms. The van der Waals surface area contributed by atoms with Crippen LogP contribution in [0.15, 0.2) is 24.3 Å². The Labute approximate surface area is 122 Å². The molecule has 1 unspecified atom stereocenters. The first-order valence-corrected chi connectivity index (χ1v) is 8.09. The van der Waals surface area contributed by atoms with E-state index in [2.05, 4.69) is 36.6 Å². The van der Waals surface area contributed by atoms with Gasteiger partial charge >= 0.3 is 0 Å². The van der Waals surface area contributed by atoms with Crippen LogP contribution in [0.2, 0.25) is 0 Å². The fraction of sp³-hybridized carbons (Fsp3) is 0.667. The maximum absolute atomic E-state index is 5.80. The molecule has 0 heterocycles. The summed E-state index contributed by atoms with van der Waals surface area (Å²) < 4.78 is 5.80. The number of rotatable bonds is 6. The van der Waals surface area contributed by atoms with E-state index < -0.39 is 0 Å². The minimum atomic E-state index is 0.125. The molecule has 0 aromatic heterocycles. The lowest BCUT2D eigenvalue weighted by Crippen LogP contribution is -2.42. The highest BCUT2D eigenvalue weighted by Crippen LogP contribution is 2.42. The van der Waals surface area contributed by atoms with Crippen molar-refractivity contribution in [2.45, 2.75) is 62.5 Å². The zero-order valence-corrected chi connectivity index (χ0v) is 12.8. The van der Waals surface area contributed by atoms with Gasteiger partial charge in [0.05, 0.1) is 5.60 Å². The molecule has 1 N–H and O–H groups in total. The second-order valence-corrected chi connectivity index (χ2v) is 6.58. The van der Waals surface area contributed by atoms with Gasteiger partial charge in [-0.1, -0.05) is 30.7 Å². The standard InChI is InChI=1S/C18H27NO/c1-19-17(13-18(20-2)10-5-11-18)16-9-4-8-15(12-16)14-6-3-7-14/h4,8-9,12,14,17,19H,3,5-7,10-11,13H2,1-2H3. The minimum absolute atomic E-state index is 0.125. The number of benzene rings is 1. The van der Waals surface area contributed by atoms with Gasteiger partial charge in [-0.05, 0) is 62.6 Å². The van der Waals surface area contributed by atoms with E-state index >= 15 is 0 Å². The van der Waals surface area contributed by atoms with Gasteiger partial charge in [-0.3, -0.25) is 0 Å². The van der Waals surface area contributed by atoms with Gasteiger partial charge in [0, 0.05) is 13.2 Å². The average molecular weight is 273 g/mol. The molecule has 0 radical (unpaired) electrons. The third-order valence-corrected chi connectivity index (χ3v) is 5.51. The monoisotopic (exact) mass is 273 g/mol. The fourth-order valence-corrected chi connectivity index (χ4v) is 3.59. The van der Waals surface area contributed by atoms with E-state index in [4.69, 9.17) is 4.74 Å². The van der Waals surface area contributed by atoms with E-state index in [-0.39, 0.29) is 5.60 Å². The Morgan fingerprint density at radius 1 is 1.30 bits per heavy atom. The first-order chi connectivity index (χ1) is 9.76. The SMILES string of the molecule is CNC(CC1(OC)CCC1)c1cccc(C2CCC2)c1. The van der Waals surface area contributed by atoms with Crippen molar-refractivity contribution in [1.29, 1.82) is 0 Å². The highest BCUT2D eigenvalue weighted by Gasteiger charge is 2.39. The highest BCUT2D eigenvalue weighted by molar-refractivity contribution is 5.30. The van der Waals surface area contributed by atoms with Crippen molar-refractivity contribution in [2.75, 3.05) is 14.2 Å². The lowest BCUT2D eigenvalue weighted by Gasteiger charge is -2.43. The van der Waals surface area contributed by atoms with E-state index in [1.165, 1.54) is 49.7 Å². The van der Waals surface area contributed by atoms with Crippen LogP contribution in [0.5, 0.6) is 0 Å². The van der Waals surface area contributed by atoms with Crippen LogP contribution in [0.3, 0.4) is 0 Å². The lowest BCUT2D eigenvalue weighted by molar-refractivity contribution is -0.0834. The second kappa shape index (κ2) is 5.87. The topological polar surface area (TPSA) is 21.3 Å². The maximum atomic E-state index is 5.80. The Morgan fingerprint density at radius 3 is 2.60 bits per heavy atom. The number of hydrogen-bond acceptors (Lipinski definition) is 2. The second-order valence-electron chi connectivity index (χ2n) is 6.58. The molecule has 2 fully saturated rings. The van der Waals surface area contributed by atoms with Gasteiger partial charge in [0.15, 0.2) is 0 Å². The third kappa shape index (κ3) is 2.64. The molecular weight excluding hydrogens is 246 g/mol. The van der Waals surface area contributed by atoms with E-state index in [1.54, 1.807) is 0 Å². The van der Waals surface area contributed by atoms with Crippen molar-refractivity contribution < 1.29 is 4.74 Å². The van der Waals surface area contributed by atoms with Crippen LogP contribution in [0.25, 0.3) is 0 Å². The zero-order valence-electron chi connectivity index (χ0n) is 12.8. The van der Waals surface area contributed by atoms with E-state index in [1.807, 2.05) is 7.11 Å². The average Bonchev–Trinajstić information content (AvgIpc) is 2.37. The Morgan fingerprint density at radius 2 is 2.10 bits per heavy atom. The molecular formula is C18H27NO. The van der Waals surface area contributed by atoms with Crippen LogP contribution in [0.4, 0.5) is 0 Å². The zero-order chi connectivity index (χ0) is 14.0. The Bertz CT molecular complexity index is 443. The third-order valence-electron chi connectivity index (χ3n) is 5.51. The van der Waals surface area contributed by atoms with Crippen molar-refractivity contribution in [3.8, 4) is 0 Å². The van der Waals surface area contributed by atoms with Gasteiger partial charge < -0.3 is 10.1 Å². The molecule has 1 atom stereocenters. The number of nitrogens with one attached hydrogen (secondary N) is 1. The van der Waals surface area contributed by atoms with Gasteiger partial charge in [-0.25, -0.2) is 0 Å². The Balaban J connectivity index is 1.74. The molecule has 2 saturated carbocycles. The maximum Gasteiger partial charge on any atom is 0.0697 e. The molecule has 0 amide bonds. The predicted octanol–water partition coefficient (Wildman–Crippen LogP) is 4.17. The van der Waals surface area contributed by atoms with Crippen molar-refractivity contribution in [2.24, 2.45) is 0 Å². The summed E-state index contributed by atoms with van der Waals surface area (Å²) in [5, 5.41) is 3.50. The van der Waals surface area contributed by atoms with Crippen LogP contribution >= 0.6 is 0 Å². The van der Waals surface area contributed by atoms with Crippen LogP contribution in [-0.4, -0.2) is 19.8 Å². The largest absolute Gasteiger partial charge is 0.378 e. The first kappa shape index (κ1) is 14.1.